The van der Waals surface area contributed by atoms with Gasteiger partial charge in [-0.1, -0.05) is 13.8 Å². The van der Waals surface area contributed by atoms with Gasteiger partial charge in [0.1, 0.15) is 5.60 Å². The van der Waals surface area contributed by atoms with Crippen molar-refractivity contribution in [1.82, 2.24) is 0 Å². The van der Waals surface area contributed by atoms with Crippen molar-refractivity contribution in [2.24, 2.45) is 17.3 Å². The van der Waals surface area contributed by atoms with Gasteiger partial charge in [-0.05, 0) is 30.6 Å². The van der Waals surface area contributed by atoms with Crippen LogP contribution in [0.1, 0.15) is 33.6 Å². The summed E-state index contributed by atoms with van der Waals surface area (Å²) in [7, 11) is 0. The lowest BCUT2D eigenvalue weighted by molar-refractivity contribution is -0.139. The highest BCUT2D eigenvalue weighted by Gasteiger charge is 2.63. The van der Waals surface area contributed by atoms with Gasteiger partial charge in [-0.3, -0.25) is 4.79 Å². The maximum Gasteiger partial charge on any atom is 0.164 e. The van der Waals surface area contributed by atoms with Crippen LogP contribution >= 0.6 is 0 Å². The van der Waals surface area contributed by atoms with Crippen LogP contribution in [0.25, 0.3) is 0 Å². The molecule has 0 bridgehead atoms. The Balaban J connectivity index is 2.19. The number of aliphatic hydroxyl groups is 1. The fraction of sp³-hybridized carbons (Fsp3) is 0.900. The monoisotopic (exact) mass is 168 g/mol. The summed E-state index contributed by atoms with van der Waals surface area (Å²) in [6.07, 6.45) is 1.26. The molecule has 0 aromatic heterocycles. The Morgan fingerprint density at radius 1 is 1.33 bits per heavy atom. The molecule has 0 heterocycles. The number of carbonyl (C=O) groups excluding carboxylic acids is 1. The lowest BCUT2D eigenvalue weighted by Crippen LogP contribution is -2.38. The zero-order valence-electron chi connectivity index (χ0n) is 7.92. The molecule has 2 aliphatic rings. The van der Waals surface area contributed by atoms with Gasteiger partial charge in [-0.15, -0.1) is 0 Å². The third-order valence-electron chi connectivity index (χ3n) is 3.91. The van der Waals surface area contributed by atoms with Crippen LogP contribution in [-0.2, 0) is 4.79 Å². The Bertz CT molecular complexity index is 240. The third kappa shape index (κ3) is 0.875. The van der Waals surface area contributed by atoms with E-state index < -0.39 is 5.60 Å². The van der Waals surface area contributed by atoms with Crippen molar-refractivity contribution >= 4 is 5.78 Å². The molecule has 0 radical (unpaired) electrons. The second-order valence-electron chi connectivity index (χ2n) is 5.14. The van der Waals surface area contributed by atoms with Gasteiger partial charge in [0.25, 0.3) is 0 Å². The molecule has 1 unspecified atom stereocenters. The summed E-state index contributed by atoms with van der Waals surface area (Å²) in [5.41, 5.74) is -0.731. The molecule has 1 N–H and O–H groups in total. The zero-order valence-corrected chi connectivity index (χ0v) is 7.92. The molecule has 68 valence electrons. The average Bonchev–Trinajstić information content (AvgIpc) is 2.37. The predicted molar refractivity (Wildman–Crippen MR) is 45.6 cm³/mol. The van der Waals surface area contributed by atoms with E-state index in [0.29, 0.717) is 30.1 Å². The number of ketones is 1. The maximum absolute atomic E-state index is 11.4. The molecule has 0 aromatic carbocycles. The molecular weight excluding hydrogens is 152 g/mol. The molecule has 2 fully saturated rings. The zero-order chi connectivity index (χ0) is 9.15. The maximum atomic E-state index is 11.4. The van der Waals surface area contributed by atoms with E-state index in [1.165, 1.54) is 0 Å². The molecule has 12 heavy (non-hydrogen) atoms. The van der Waals surface area contributed by atoms with Crippen molar-refractivity contribution in [3.8, 4) is 0 Å². The largest absolute Gasteiger partial charge is 0.382 e. The summed E-state index contributed by atoms with van der Waals surface area (Å²) >= 11 is 0. The topological polar surface area (TPSA) is 37.3 Å². The highest BCUT2D eigenvalue weighted by atomic mass is 16.3. The average molecular weight is 168 g/mol. The summed E-state index contributed by atoms with van der Waals surface area (Å²) in [4.78, 5) is 11.4. The highest BCUT2D eigenvalue weighted by Crippen LogP contribution is 2.65. The van der Waals surface area contributed by atoms with E-state index in [1.54, 1.807) is 6.92 Å². The SMILES string of the molecule is CC1(O)C[C@H]2[C@@H](CC1=O)C2(C)C. The first-order valence-corrected chi connectivity index (χ1v) is 4.61. The second-order valence-corrected chi connectivity index (χ2v) is 5.14. The second kappa shape index (κ2) is 1.92. The number of hydrogen-bond acceptors (Lipinski definition) is 2. The van der Waals surface area contributed by atoms with Crippen molar-refractivity contribution in [3.05, 3.63) is 0 Å². The molecule has 3 atom stereocenters. The van der Waals surface area contributed by atoms with Gasteiger partial charge in [0.15, 0.2) is 5.78 Å². The van der Waals surface area contributed by atoms with Crippen molar-refractivity contribution in [2.45, 2.75) is 39.2 Å². The quantitative estimate of drug-likeness (QED) is 0.593. The number of carbonyl (C=O) groups is 1. The molecule has 0 aromatic rings. The summed E-state index contributed by atoms with van der Waals surface area (Å²) in [6, 6.07) is 0. The molecule has 0 saturated heterocycles. The summed E-state index contributed by atoms with van der Waals surface area (Å²) in [6.45, 7) is 6.04. The van der Waals surface area contributed by atoms with E-state index in [-0.39, 0.29) is 5.78 Å². The Labute approximate surface area is 73.0 Å². The van der Waals surface area contributed by atoms with Crippen LogP contribution in [0.3, 0.4) is 0 Å². The molecule has 0 aliphatic heterocycles. The van der Waals surface area contributed by atoms with Gasteiger partial charge in [-0.2, -0.15) is 0 Å². The number of hydrogen-bond donors (Lipinski definition) is 1. The minimum absolute atomic E-state index is 0.0364. The van der Waals surface area contributed by atoms with Gasteiger partial charge in [0.05, 0.1) is 0 Å². The molecule has 2 nitrogen and oxygen atoms in total. The van der Waals surface area contributed by atoms with Gasteiger partial charge in [0.2, 0.25) is 0 Å². The Kier molecular flexibility index (Phi) is 1.32. The summed E-state index contributed by atoms with van der Waals surface area (Å²) in [5.74, 6) is 1.16. The highest BCUT2D eigenvalue weighted by molar-refractivity contribution is 5.88. The summed E-state index contributed by atoms with van der Waals surface area (Å²) in [5, 5.41) is 9.72. The van der Waals surface area contributed by atoms with Crippen LogP contribution in [0.5, 0.6) is 0 Å². The van der Waals surface area contributed by atoms with Crippen LogP contribution in [-0.4, -0.2) is 16.5 Å². The number of rotatable bonds is 0. The minimum Gasteiger partial charge on any atom is -0.382 e. The van der Waals surface area contributed by atoms with Crippen LogP contribution < -0.4 is 0 Å². The van der Waals surface area contributed by atoms with Crippen LogP contribution in [0.4, 0.5) is 0 Å². The van der Waals surface area contributed by atoms with Gasteiger partial charge >= 0.3 is 0 Å². The van der Waals surface area contributed by atoms with Crippen molar-refractivity contribution < 1.29 is 9.90 Å². The van der Waals surface area contributed by atoms with Crippen LogP contribution in [0, 0.1) is 17.3 Å². The third-order valence-corrected chi connectivity index (χ3v) is 3.91. The Morgan fingerprint density at radius 2 is 1.92 bits per heavy atom. The van der Waals surface area contributed by atoms with Gasteiger partial charge < -0.3 is 5.11 Å². The first-order chi connectivity index (χ1) is 5.36. The molecule has 0 amide bonds. The van der Waals surface area contributed by atoms with E-state index in [1.807, 2.05) is 0 Å². The van der Waals surface area contributed by atoms with Crippen LogP contribution in [0.15, 0.2) is 0 Å². The van der Waals surface area contributed by atoms with Crippen LogP contribution in [0.2, 0.25) is 0 Å². The fourth-order valence-electron chi connectivity index (χ4n) is 2.63. The molecular formula is C10H16O2. The van der Waals surface area contributed by atoms with Crippen molar-refractivity contribution in [2.75, 3.05) is 0 Å². The molecule has 2 aliphatic carbocycles. The van der Waals surface area contributed by atoms with Crippen molar-refractivity contribution in [1.29, 1.82) is 0 Å². The predicted octanol–water partition coefficient (Wildman–Crippen LogP) is 1.37. The van der Waals surface area contributed by atoms with Gasteiger partial charge in [-0.25, -0.2) is 0 Å². The Hall–Kier alpha value is -0.370. The van der Waals surface area contributed by atoms with Crippen molar-refractivity contribution in [3.63, 3.8) is 0 Å². The van der Waals surface area contributed by atoms with E-state index in [0.717, 1.165) is 0 Å². The molecule has 2 rings (SSSR count). The number of Topliss-reactive ketones (excluding diaryl/α,β-unsaturated/α-hetero) is 1. The van der Waals surface area contributed by atoms with E-state index in [9.17, 15) is 9.90 Å². The standard InChI is InChI=1S/C10H16O2/c1-9(2)6-4-8(11)10(3,12)5-7(6)9/h6-7,12H,4-5H2,1-3H3/t6-,7+,10?/m1/s1. The number of fused-ring (bicyclic) bond motifs is 1. The lowest BCUT2D eigenvalue weighted by Gasteiger charge is -2.25. The molecule has 2 saturated carbocycles. The first-order valence-electron chi connectivity index (χ1n) is 4.61. The van der Waals surface area contributed by atoms with E-state index in [2.05, 4.69) is 13.8 Å². The molecule has 0 spiro atoms. The minimum atomic E-state index is -1.03. The summed E-state index contributed by atoms with van der Waals surface area (Å²) < 4.78 is 0. The fourth-order valence-corrected chi connectivity index (χ4v) is 2.63. The lowest BCUT2D eigenvalue weighted by atomic mass is 9.85. The van der Waals surface area contributed by atoms with E-state index in [4.69, 9.17) is 0 Å². The molecule has 2 heteroatoms. The Morgan fingerprint density at radius 3 is 2.42 bits per heavy atom. The first kappa shape index (κ1) is 8.24. The van der Waals surface area contributed by atoms with E-state index >= 15 is 0 Å². The normalized spacial score (nSPS) is 50.2. The van der Waals surface area contributed by atoms with Gasteiger partial charge in [0, 0.05) is 6.42 Å². The smallest absolute Gasteiger partial charge is 0.164 e.